The average molecular weight is 239 g/mol. The zero-order chi connectivity index (χ0) is 9.31. The molecule has 2 rings (SSSR count). The van der Waals surface area contributed by atoms with Crippen LogP contribution in [0.3, 0.4) is 0 Å². The molecule has 0 aromatic heterocycles. The molecule has 1 fully saturated rings. The minimum Gasteiger partial charge on any atom is -0.0925 e. The highest BCUT2D eigenvalue weighted by Crippen LogP contribution is 2.57. The van der Waals surface area contributed by atoms with Gasteiger partial charge in [0, 0.05) is 5.33 Å². The van der Waals surface area contributed by atoms with Crippen LogP contribution in [0.15, 0.2) is 30.3 Å². The lowest BCUT2D eigenvalue weighted by molar-refractivity contribution is 0.612. The molecule has 1 aliphatic carbocycles. The lowest BCUT2D eigenvalue weighted by atomic mass is 9.91. The van der Waals surface area contributed by atoms with E-state index in [4.69, 9.17) is 0 Å². The Morgan fingerprint density at radius 2 is 2.08 bits per heavy atom. The van der Waals surface area contributed by atoms with Crippen molar-refractivity contribution in [3.63, 3.8) is 0 Å². The molecule has 1 aromatic rings. The third-order valence-electron chi connectivity index (χ3n) is 3.40. The molecule has 0 bridgehead atoms. The zero-order valence-corrected chi connectivity index (χ0v) is 9.55. The first-order valence-corrected chi connectivity index (χ1v) is 6.07. The van der Waals surface area contributed by atoms with E-state index in [-0.39, 0.29) is 0 Å². The van der Waals surface area contributed by atoms with Crippen LogP contribution in [-0.4, -0.2) is 5.33 Å². The van der Waals surface area contributed by atoms with Gasteiger partial charge in [0.05, 0.1) is 0 Å². The molecule has 1 heteroatoms. The number of hydrogen-bond acceptors (Lipinski definition) is 0. The van der Waals surface area contributed by atoms with Crippen molar-refractivity contribution < 1.29 is 0 Å². The SMILES string of the molecule is CCC1(c2ccccc2)CC1CBr. The highest BCUT2D eigenvalue weighted by Gasteiger charge is 2.52. The summed E-state index contributed by atoms with van der Waals surface area (Å²) in [5, 5.41) is 1.15. The lowest BCUT2D eigenvalue weighted by Crippen LogP contribution is -2.08. The van der Waals surface area contributed by atoms with Crippen LogP contribution < -0.4 is 0 Å². The number of halogens is 1. The summed E-state index contributed by atoms with van der Waals surface area (Å²) >= 11 is 3.59. The Bertz CT molecular complexity index is 280. The molecular formula is C12H15Br. The molecule has 70 valence electrons. The average Bonchev–Trinajstić information content (AvgIpc) is 2.94. The van der Waals surface area contributed by atoms with Gasteiger partial charge in [-0.1, -0.05) is 53.2 Å². The summed E-state index contributed by atoms with van der Waals surface area (Å²) in [6.07, 6.45) is 2.63. The van der Waals surface area contributed by atoms with Gasteiger partial charge in [0.2, 0.25) is 0 Å². The van der Waals surface area contributed by atoms with Gasteiger partial charge in [-0.05, 0) is 29.7 Å². The summed E-state index contributed by atoms with van der Waals surface area (Å²) in [4.78, 5) is 0. The predicted octanol–water partition coefficient (Wildman–Crippen LogP) is 3.75. The Hall–Kier alpha value is -0.300. The molecule has 2 unspecified atom stereocenters. The first kappa shape index (κ1) is 9.26. The van der Waals surface area contributed by atoms with Crippen molar-refractivity contribution in [1.82, 2.24) is 0 Å². The van der Waals surface area contributed by atoms with Gasteiger partial charge in [0.1, 0.15) is 0 Å². The van der Waals surface area contributed by atoms with Gasteiger partial charge in [-0.3, -0.25) is 0 Å². The monoisotopic (exact) mass is 238 g/mol. The first-order valence-electron chi connectivity index (χ1n) is 4.95. The first-order chi connectivity index (χ1) is 6.33. The van der Waals surface area contributed by atoms with E-state index in [1.807, 2.05) is 0 Å². The van der Waals surface area contributed by atoms with E-state index in [2.05, 4.69) is 53.2 Å². The van der Waals surface area contributed by atoms with Crippen LogP contribution in [0.25, 0.3) is 0 Å². The maximum absolute atomic E-state index is 3.59. The van der Waals surface area contributed by atoms with Crippen molar-refractivity contribution in [3.8, 4) is 0 Å². The summed E-state index contributed by atoms with van der Waals surface area (Å²) in [7, 11) is 0. The standard InChI is InChI=1S/C12H15Br/c1-2-12(8-11(12)9-13)10-6-4-3-5-7-10/h3-7,11H,2,8-9H2,1H3. The van der Waals surface area contributed by atoms with Gasteiger partial charge in [0.15, 0.2) is 0 Å². The summed E-state index contributed by atoms with van der Waals surface area (Å²) in [5.74, 6) is 0.861. The molecule has 1 saturated carbocycles. The normalized spacial score (nSPS) is 31.7. The summed E-state index contributed by atoms with van der Waals surface area (Å²) < 4.78 is 0. The number of hydrogen-bond donors (Lipinski definition) is 0. The van der Waals surface area contributed by atoms with Crippen LogP contribution in [0.4, 0.5) is 0 Å². The Kier molecular flexibility index (Phi) is 2.46. The molecule has 0 radical (unpaired) electrons. The van der Waals surface area contributed by atoms with Crippen molar-refractivity contribution in [2.75, 3.05) is 5.33 Å². The predicted molar refractivity (Wildman–Crippen MR) is 60.3 cm³/mol. The van der Waals surface area contributed by atoms with E-state index in [9.17, 15) is 0 Å². The van der Waals surface area contributed by atoms with E-state index < -0.39 is 0 Å². The fraction of sp³-hybridized carbons (Fsp3) is 0.500. The van der Waals surface area contributed by atoms with Gasteiger partial charge in [-0.25, -0.2) is 0 Å². The van der Waals surface area contributed by atoms with Crippen LogP contribution in [0.5, 0.6) is 0 Å². The highest BCUT2D eigenvalue weighted by atomic mass is 79.9. The Labute approximate surface area is 88.5 Å². The maximum Gasteiger partial charge on any atom is 0.00685 e. The van der Waals surface area contributed by atoms with E-state index >= 15 is 0 Å². The molecule has 0 saturated heterocycles. The summed E-state index contributed by atoms with van der Waals surface area (Å²) in [5.41, 5.74) is 2.03. The number of rotatable bonds is 3. The molecule has 2 atom stereocenters. The van der Waals surface area contributed by atoms with Gasteiger partial charge < -0.3 is 0 Å². The molecule has 0 aliphatic heterocycles. The highest BCUT2D eigenvalue weighted by molar-refractivity contribution is 9.09. The second kappa shape index (κ2) is 3.45. The summed E-state index contributed by atoms with van der Waals surface area (Å²) in [6, 6.07) is 10.9. The maximum atomic E-state index is 3.59. The van der Waals surface area contributed by atoms with Crippen LogP contribution in [-0.2, 0) is 5.41 Å². The van der Waals surface area contributed by atoms with Gasteiger partial charge in [0.25, 0.3) is 0 Å². The van der Waals surface area contributed by atoms with Gasteiger partial charge in [-0.15, -0.1) is 0 Å². The second-order valence-corrected chi connectivity index (χ2v) is 4.58. The Morgan fingerprint density at radius 1 is 1.38 bits per heavy atom. The second-order valence-electron chi connectivity index (χ2n) is 3.93. The third-order valence-corrected chi connectivity index (χ3v) is 4.18. The number of alkyl halides is 1. The molecule has 0 spiro atoms. The van der Waals surface area contributed by atoms with Gasteiger partial charge in [-0.2, -0.15) is 0 Å². The minimum atomic E-state index is 0.505. The van der Waals surface area contributed by atoms with E-state index in [0.29, 0.717) is 5.41 Å². The molecule has 0 amide bonds. The van der Waals surface area contributed by atoms with Crippen LogP contribution in [0.2, 0.25) is 0 Å². The molecule has 1 aromatic carbocycles. The van der Waals surface area contributed by atoms with E-state index in [1.54, 1.807) is 0 Å². The molecule has 13 heavy (non-hydrogen) atoms. The molecule has 0 nitrogen and oxygen atoms in total. The van der Waals surface area contributed by atoms with E-state index in [0.717, 1.165) is 11.2 Å². The van der Waals surface area contributed by atoms with E-state index in [1.165, 1.54) is 18.4 Å². The van der Waals surface area contributed by atoms with Crippen LogP contribution in [0.1, 0.15) is 25.3 Å². The molecule has 0 heterocycles. The van der Waals surface area contributed by atoms with Crippen LogP contribution >= 0.6 is 15.9 Å². The van der Waals surface area contributed by atoms with Crippen molar-refractivity contribution in [1.29, 1.82) is 0 Å². The minimum absolute atomic E-state index is 0.505. The van der Waals surface area contributed by atoms with Crippen molar-refractivity contribution in [3.05, 3.63) is 35.9 Å². The Morgan fingerprint density at radius 3 is 2.54 bits per heavy atom. The molecule has 0 N–H and O–H groups in total. The van der Waals surface area contributed by atoms with Crippen molar-refractivity contribution >= 4 is 15.9 Å². The third kappa shape index (κ3) is 1.43. The smallest absolute Gasteiger partial charge is 0.00685 e. The quantitative estimate of drug-likeness (QED) is 0.704. The lowest BCUT2D eigenvalue weighted by Gasteiger charge is -2.14. The zero-order valence-electron chi connectivity index (χ0n) is 7.96. The largest absolute Gasteiger partial charge is 0.0925 e. The van der Waals surface area contributed by atoms with Crippen LogP contribution in [0, 0.1) is 5.92 Å². The summed E-state index contributed by atoms with van der Waals surface area (Å²) in [6.45, 7) is 2.30. The van der Waals surface area contributed by atoms with Gasteiger partial charge >= 0.3 is 0 Å². The fourth-order valence-electron chi connectivity index (χ4n) is 2.34. The topological polar surface area (TPSA) is 0 Å². The van der Waals surface area contributed by atoms with Crippen molar-refractivity contribution in [2.45, 2.75) is 25.2 Å². The molecular weight excluding hydrogens is 224 g/mol. The Balaban J connectivity index is 2.25. The molecule has 1 aliphatic rings. The van der Waals surface area contributed by atoms with Crippen molar-refractivity contribution in [2.24, 2.45) is 5.92 Å². The number of benzene rings is 1. The fourth-order valence-corrected chi connectivity index (χ4v) is 3.19.